The molecule has 1 fully saturated rings. The minimum absolute atomic E-state index is 0.0978. The third-order valence-corrected chi connectivity index (χ3v) is 5.59. The molecule has 9 heteroatoms. The fourth-order valence-corrected chi connectivity index (χ4v) is 4.09. The highest BCUT2D eigenvalue weighted by Crippen LogP contribution is 2.38. The van der Waals surface area contributed by atoms with Crippen LogP contribution in [-0.2, 0) is 4.79 Å². The summed E-state index contributed by atoms with van der Waals surface area (Å²) in [4.78, 5) is 20.6. The first kappa shape index (κ1) is 19.7. The lowest BCUT2D eigenvalue weighted by molar-refractivity contribution is -0.131. The molecule has 4 heterocycles. The van der Waals surface area contributed by atoms with Gasteiger partial charge in [-0.1, -0.05) is 11.6 Å². The average molecular weight is 419 g/mol. The first-order chi connectivity index (χ1) is 13.8. The number of aromatic amines is 1. The number of rotatable bonds is 4. The second kappa shape index (κ2) is 7.67. The number of fused-ring (bicyclic) bond motifs is 1. The summed E-state index contributed by atoms with van der Waals surface area (Å²) < 4.78 is 16.4. The van der Waals surface area contributed by atoms with Crippen LogP contribution in [-0.4, -0.2) is 55.9 Å². The molecule has 29 heavy (non-hydrogen) atoms. The number of piperidine rings is 1. The maximum atomic E-state index is 14.7. The number of carbonyl (C=O) groups is 1. The molecule has 7 nitrogen and oxygen atoms in total. The highest BCUT2D eigenvalue weighted by molar-refractivity contribution is 6.36. The Bertz CT molecular complexity index is 1040. The molecule has 1 amide bonds. The molecule has 2 atom stereocenters. The number of pyridine rings is 1. The lowest BCUT2D eigenvalue weighted by Crippen LogP contribution is -2.44. The van der Waals surface area contributed by atoms with E-state index in [0.29, 0.717) is 23.6 Å². The summed E-state index contributed by atoms with van der Waals surface area (Å²) in [6.07, 6.45) is 6.42. The fourth-order valence-electron chi connectivity index (χ4n) is 3.85. The zero-order chi connectivity index (χ0) is 20.7. The summed E-state index contributed by atoms with van der Waals surface area (Å²) in [7, 11) is 0. The molecule has 3 aromatic heterocycles. The normalized spacial score (nSPS) is 19.9. The number of likely N-dealkylation sites (tertiary alicyclic amines) is 1. The highest BCUT2D eigenvalue weighted by atomic mass is 35.5. The summed E-state index contributed by atoms with van der Waals surface area (Å²) >= 11 is 6.39. The van der Waals surface area contributed by atoms with E-state index in [-0.39, 0.29) is 18.5 Å². The van der Waals surface area contributed by atoms with Crippen LogP contribution in [0.4, 0.5) is 10.1 Å². The smallest absolute Gasteiger partial charge is 0.219 e. The van der Waals surface area contributed by atoms with E-state index >= 15 is 0 Å². The predicted molar refractivity (Wildman–Crippen MR) is 112 cm³/mol. The van der Waals surface area contributed by atoms with Crippen LogP contribution in [0.15, 0.2) is 24.8 Å². The first-order valence-electron chi connectivity index (χ1n) is 9.71. The van der Waals surface area contributed by atoms with Crippen LogP contribution in [0.25, 0.3) is 22.2 Å². The molecule has 1 aliphatic heterocycles. The standard InChI is InChI=1S/C20H24ClFN6O/c1-11(2)26-19-14(7-23-20-18(19)15(21)8-24-20)13-6-25-28(9-13)17-4-5-27(12(3)29)10-16(17)22/h6-9,11,16-17H,4-5,10H2,1-3H3,(H2,23,24,26)/t16-,17?/m0/s1. The number of alkyl halides is 1. The van der Waals surface area contributed by atoms with E-state index < -0.39 is 12.2 Å². The Morgan fingerprint density at radius 1 is 1.41 bits per heavy atom. The van der Waals surface area contributed by atoms with Gasteiger partial charge in [-0.25, -0.2) is 9.37 Å². The number of halogens is 2. The van der Waals surface area contributed by atoms with E-state index in [0.717, 1.165) is 22.2 Å². The van der Waals surface area contributed by atoms with Crippen LogP contribution in [0.2, 0.25) is 5.02 Å². The molecule has 0 aromatic carbocycles. The Balaban J connectivity index is 1.69. The number of amides is 1. The summed E-state index contributed by atoms with van der Waals surface area (Å²) in [5.74, 6) is -0.0978. The van der Waals surface area contributed by atoms with Gasteiger partial charge in [-0.3, -0.25) is 9.48 Å². The molecule has 154 valence electrons. The first-order valence-corrected chi connectivity index (χ1v) is 10.1. The molecule has 1 aliphatic rings. The van der Waals surface area contributed by atoms with E-state index in [4.69, 9.17) is 11.6 Å². The molecule has 0 aliphatic carbocycles. The minimum atomic E-state index is -1.16. The number of aromatic nitrogens is 4. The minimum Gasteiger partial charge on any atom is -0.382 e. The summed E-state index contributed by atoms with van der Waals surface area (Å²) in [6.45, 7) is 6.20. The van der Waals surface area contributed by atoms with Crippen LogP contribution in [0, 0.1) is 0 Å². The SMILES string of the molecule is CC(=O)N1CCC(n2cc(-c3cnc4[nH]cc(Cl)c4c3NC(C)C)cn2)[C@@H](F)C1. The van der Waals surface area contributed by atoms with Gasteiger partial charge in [0.15, 0.2) is 0 Å². The highest BCUT2D eigenvalue weighted by Gasteiger charge is 2.32. The second-order valence-electron chi connectivity index (χ2n) is 7.75. The number of nitrogens with zero attached hydrogens (tertiary/aromatic N) is 4. The van der Waals surface area contributed by atoms with Crippen molar-refractivity contribution in [1.82, 2.24) is 24.6 Å². The molecule has 3 aromatic rings. The molecule has 0 bridgehead atoms. The second-order valence-corrected chi connectivity index (χ2v) is 8.16. The van der Waals surface area contributed by atoms with Gasteiger partial charge < -0.3 is 15.2 Å². The molecule has 0 spiro atoms. The molecule has 2 N–H and O–H groups in total. The van der Waals surface area contributed by atoms with Gasteiger partial charge in [0.05, 0.1) is 34.9 Å². The number of nitrogens with one attached hydrogen (secondary N) is 2. The van der Waals surface area contributed by atoms with E-state index in [1.54, 1.807) is 28.2 Å². The van der Waals surface area contributed by atoms with Gasteiger partial charge in [-0.05, 0) is 20.3 Å². The average Bonchev–Trinajstić information content (AvgIpc) is 3.29. The molecule has 4 rings (SSSR count). The van der Waals surface area contributed by atoms with Gasteiger partial charge in [0.25, 0.3) is 0 Å². The third kappa shape index (κ3) is 3.69. The summed E-state index contributed by atoms with van der Waals surface area (Å²) in [5.41, 5.74) is 3.27. The van der Waals surface area contributed by atoms with E-state index in [1.807, 2.05) is 6.20 Å². The van der Waals surface area contributed by atoms with E-state index in [1.165, 1.54) is 6.92 Å². The Hall–Kier alpha value is -2.61. The Labute approximate surface area is 173 Å². The number of anilines is 1. The van der Waals surface area contributed by atoms with Crippen LogP contribution in [0.3, 0.4) is 0 Å². The van der Waals surface area contributed by atoms with Gasteiger partial charge in [-0.15, -0.1) is 0 Å². The zero-order valence-electron chi connectivity index (χ0n) is 16.6. The molecule has 0 saturated carbocycles. The van der Waals surface area contributed by atoms with Crippen molar-refractivity contribution in [2.75, 3.05) is 18.4 Å². The number of carbonyl (C=O) groups excluding carboxylic acids is 1. The van der Waals surface area contributed by atoms with Gasteiger partial charge >= 0.3 is 0 Å². The fraction of sp³-hybridized carbons (Fsp3) is 0.450. The van der Waals surface area contributed by atoms with Crippen molar-refractivity contribution in [3.8, 4) is 11.1 Å². The van der Waals surface area contributed by atoms with Crippen LogP contribution in [0.5, 0.6) is 0 Å². The van der Waals surface area contributed by atoms with Gasteiger partial charge in [0, 0.05) is 49.2 Å². The van der Waals surface area contributed by atoms with Crippen molar-refractivity contribution in [2.24, 2.45) is 0 Å². The van der Waals surface area contributed by atoms with Crippen molar-refractivity contribution < 1.29 is 9.18 Å². The molecule has 1 saturated heterocycles. The monoisotopic (exact) mass is 418 g/mol. The Kier molecular flexibility index (Phi) is 5.21. The number of H-pyrrole nitrogens is 1. The number of hydrogen-bond donors (Lipinski definition) is 2. The third-order valence-electron chi connectivity index (χ3n) is 5.29. The Morgan fingerprint density at radius 2 is 2.21 bits per heavy atom. The van der Waals surface area contributed by atoms with Crippen LogP contribution in [0.1, 0.15) is 33.2 Å². The lowest BCUT2D eigenvalue weighted by atomic mass is 10.0. The van der Waals surface area contributed by atoms with Crippen molar-refractivity contribution in [1.29, 1.82) is 0 Å². The van der Waals surface area contributed by atoms with Crippen molar-refractivity contribution >= 4 is 34.2 Å². The van der Waals surface area contributed by atoms with E-state index in [2.05, 4.69) is 34.2 Å². The molecular formula is C20H24ClFN6O. The summed E-state index contributed by atoms with van der Waals surface area (Å²) in [5, 5.41) is 9.29. The van der Waals surface area contributed by atoms with Crippen molar-refractivity contribution in [3.63, 3.8) is 0 Å². The van der Waals surface area contributed by atoms with Gasteiger partial charge in [0.1, 0.15) is 11.8 Å². The van der Waals surface area contributed by atoms with E-state index in [9.17, 15) is 9.18 Å². The predicted octanol–water partition coefficient (Wildman–Crippen LogP) is 4.03. The molecule has 1 unspecified atom stereocenters. The zero-order valence-corrected chi connectivity index (χ0v) is 17.4. The maximum absolute atomic E-state index is 14.7. The lowest BCUT2D eigenvalue weighted by Gasteiger charge is -2.34. The topological polar surface area (TPSA) is 78.8 Å². The van der Waals surface area contributed by atoms with Crippen LogP contribution < -0.4 is 5.32 Å². The van der Waals surface area contributed by atoms with Gasteiger partial charge in [-0.2, -0.15) is 5.10 Å². The largest absolute Gasteiger partial charge is 0.382 e. The summed E-state index contributed by atoms with van der Waals surface area (Å²) in [6, 6.07) is -0.208. The maximum Gasteiger partial charge on any atom is 0.219 e. The van der Waals surface area contributed by atoms with Crippen molar-refractivity contribution in [3.05, 3.63) is 29.8 Å². The Morgan fingerprint density at radius 3 is 2.90 bits per heavy atom. The van der Waals surface area contributed by atoms with Gasteiger partial charge in [0.2, 0.25) is 5.91 Å². The quantitative estimate of drug-likeness (QED) is 0.670. The molecule has 0 radical (unpaired) electrons. The van der Waals surface area contributed by atoms with Crippen LogP contribution >= 0.6 is 11.6 Å². The van der Waals surface area contributed by atoms with Crippen molar-refractivity contribution in [2.45, 2.75) is 45.4 Å². The number of hydrogen-bond acceptors (Lipinski definition) is 4. The molecular weight excluding hydrogens is 395 g/mol.